The monoisotopic (exact) mass is 213 g/mol. The topological polar surface area (TPSA) is 21.3 Å². The molecule has 2 nitrogen and oxygen atoms in total. The second kappa shape index (κ2) is 8.12. The molecule has 2 heteroatoms. The molecule has 1 rings (SSSR count). The van der Waals surface area contributed by atoms with Gasteiger partial charge in [-0.1, -0.05) is 26.7 Å². The second-order valence-corrected chi connectivity index (χ2v) is 4.79. The Balaban J connectivity index is 1.84. The summed E-state index contributed by atoms with van der Waals surface area (Å²) < 4.78 is 5.53. The number of rotatable bonds is 8. The average molecular weight is 213 g/mol. The third-order valence-corrected chi connectivity index (χ3v) is 3.38. The highest BCUT2D eigenvalue weighted by Gasteiger charge is 2.21. The Hall–Kier alpha value is -0.0800. The molecule has 1 saturated carbocycles. The minimum Gasteiger partial charge on any atom is -0.381 e. The fourth-order valence-corrected chi connectivity index (χ4v) is 2.26. The van der Waals surface area contributed by atoms with Crippen LogP contribution in [0.1, 0.15) is 52.4 Å². The molecular formula is C13H27NO. The van der Waals surface area contributed by atoms with Crippen LogP contribution < -0.4 is 5.32 Å². The summed E-state index contributed by atoms with van der Waals surface area (Å²) in [6, 6.07) is 0.778. The van der Waals surface area contributed by atoms with Crippen molar-refractivity contribution in [1.29, 1.82) is 0 Å². The van der Waals surface area contributed by atoms with Crippen LogP contribution in [0.4, 0.5) is 0 Å². The number of ether oxygens (including phenoxy) is 1. The van der Waals surface area contributed by atoms with E-state index in [2.05, 4.69) is 19.2 Å². The van der Waals surface area contributed by atoms with Gasteiger partial charge in [-0.2, -0.15) is 0 Å². The maximum absolute atomic E-state index is 5.53. The van der Waals surface area contributed by atoms with Crippen LogP contribution in [-0.2, 0) is 4.74 Å². The molecule has 2 atom stereocenters. The normalized spacial score (nSPS) is 26.0. The van der Waals surface area contributed by atoms with E-state index in [4.69, 9.17) is 4.74 Å². The van der Waals surface area contributed by atoms with Gasteiger partial charge in [0.05, 0.1) is 0 Å². The van der Waals surface area contributed by atoms with E-state index in [0.29, 0.717) is 0 Å². The molecule has 15 heavy (non-hydrogen) atoms. The standard InChI is InChI=1S/C13H27NO/c1-3-4-10-15-11-6-9-14-13-8-5-7-12(13)2/h12-14H,3-11H2,1-2H3. The van der Waals surface area contributed by atoms with Gasteiger partial charge in [0.25, 0.3) is 0 Å². The largest absolute Gasteiger partial charge is 0.381 e. The van der Waals surface area contributed by atoms with Crippen LogP contribution in [0, 0.1) is 5.92 Å². The molecule has 0 aromatic rings. The van der Waals surface area contributed by atoms with Crippen LogP contribution in [0.15, 0.2) is 0 Å². The molecule has 1 fully saturated rings. The Kier molecular flexibility index (Phi) is 7.03. The lowest BCUT2D eigenvalue weighted by atomic mass is 10.1. The molecule has 0 aromatic carbocycles. The van der Waals surface area contributed by atoms with Crippen molar-refractivity contribution in [3.8, 4) is 0 Å². The van der Waals surface area contributed by atoms with Crippen LogP contribution >= 0.6 is 0 Å². The third-order valence-electron chi connectivity index (χ3n) is 3.38. The maximum Gasteiger partial charge on any atom is 0.0478 e. The molecule has 0 amide bonds. The molecule has 2 unspecified atom stereocenters. The first-order valence-electron chi connectivity index (χ1n) is 6.65. The third kappa shape index (κ3) is 5.53. The van der Waals surface area contributed by atoms with Crippen molar-refractivity contribution in [3.05, 3.63) is 0 Å². The van der Waals surface area contributed by atoms with Gasteiger partial charge in [-0.15, -0.1) is 0 Å². The number of nitrogens with one attached hydrogen (secondary N) is 1. The molecule has 0 saturated heterocycles. The summed E-state index contributed by atoms with van der Waals surface area (Å²) in [6.07, 6.45) is 7.78. The van der Waals surface area contributed by atoms with Crippen LogP contribution in [0.2, 0.25) is 0 Å². The predicted octanol–water partition coefficient (Wildman–Crippen LogP) is 2.97. The fourth-order valence-electron chi connectivity index (χ4n) is 2.26. The van der Waals surface area contributed by atoms with Crippen molar-refractivity contribution in [2.45, 2.75) is 58.4 Å². The van der Waals surface area contributed by atoms with Crippen molar-refractivity contribution < 1.29 is 4.74 Å². The predicted molar refractivity (Wildman–Crippen MR) is 65.1 cm³/mol. The van der Waals surface area contributed by atoms with E-state index < -0.39 is 0 Å². The maximum atomic E-state index is 5.53. The highest BCUT2D eigenvalue weighted by Crippen LogP contribution is 2.24. The molecule has 0 aromatic heterocycles. The Bertz CT molecular complexity index is 149. The fraction of sp³-hybridized carbons (Fsp3) is 1.00. The van der Waals surface area contributed by atoms with E-state index in [1.54, 1.807) is 0 Å². The summed E-state index contributed by atoms with van der Waals surface area (Å²) in [5.41, 5.74) is 0. The van der Waals surface area contributed by atoms with E-state index in [-0.39, 0.29) is 0 Å². The minimum atomic E-state index is 0.778. The van der Waals surface area contributed by atoms with E-state index in [9.17, 15) is 0 Å². The lowest BCUT2D eigenvalue weighted by molar-refractivity contribution is 0.128. The van der Waals surface area contributed by atoms with Gasteiger partial charge in [0.2, 0.25) is 0 Å². The Morgan fingerprint density at radius 2 is 2.00 bits per heavy atom. The molecule has 1 aliphatic rings. The molecular weight excluding hydrogens is 186 g/mol. The SMILES string of the molecule is CCCCOCCCNC1CCCC1C. The molecule has 90 valence electrons. The van der Waals surface area contributed by atoms with Crippen molar-refractivity contribution in [3.63, 3.8) is 0 Å². The summed E-state index contributed by atoms with van der Waals surface area (Å²) in [5, 5.41) is 3.64. The molecule has 0 bridgehead atoms. The minimum absolute atomic E-state index is 0.778. The molecule has 1 N–H and O–H groups in total. The smallest absolute Gasteiger partial charge is 0.0478 e. The number of unbranched alkanes of at least 4 members (excludes halogenated alkanes) is 1. The summed E-state index contributed by atoms with van der Waals surface area (Å²) in [4.78, 5) is 0. The van der Waals surface area contributed by atoms with Gasteiger partial charge in [-0.05, 0) is 38.1 Å². The van der Waals surface area contributed by atoms with Gasteiger partial charge in [0, 0.05) is 19.3 Å². The van der Waals surface area contributed by atoms with Crippen LogP contribution in [0.25, 0.3) is 0 Å². The number of hydrogen-bond acceptors (Lipinski definition) is 2. The molecule has 1 aliphatic carbocycles. The summed E-state index contributed by atoms with van der Waals surface area (Å²) in [6.45, 7) is 7.56. The van der Waals surface area contributed by atoms with E-state index in [0.717, 1.165) is 38.1 Å². The lowest BCUT2D eigenvalue weighted by Crippen LogP contribution is -2.32. The van der Waals surface area contributed by atoms with Crippen molar-refractivity contribution in [2.75, 3.05) is 19.8 Å². The zero-order valence-electron chi connectivity index (χ0n) is 10.4. The van der Waals surface area contributed by atoms with Gasteiger partial charge in [-0.3, -0.25) is 0 Å². The summed E-state index contributed by atoms with van der Waals surface area (Å²) in [7, 11) is 0. The van der Waals surface area contributed by atoms with Crippen molar-refractivity contribution in [2.24, 2.45) is 5.92 Å². The highest BCUT2D eigenvalue weighted by molar-refractivity contribution is 4.79. The highest BCUT2D eigenvalue weighted by atomic mass is 16.5. The Morgan fingerprint density at radius 1 is 1.20 bits per heavy atom. The Morgan fingerprint density at radius 3 is 2.67 bits per heavy atom. The van der Waals surface area contributed by atoms with Gasteiger partial charge in [0.1, 0.15) is 0 Å². The van der Waals surface area contributed by atoms with Crippen LogP contribution in [0.3, 0.4) is 0 Å². The van der Waals surface area contributed by atoms with Crippen LogP contribution in [0.5, 0.6) is 0 Å². The molecule has 0 heterocycles. The molecule has 0 spiro atoms. The van der Waals surface area contributed by atoms with Gasteiger partial charge >= 0.3 is 0 Å². The lowest BCUT2D eigenvalue weighted by Gasteiger charge is -2.17. The molecule has 0 aliphatic heterocycles. The quantitative estimate of drug-likeness (QED) is 0.626. The first-order chi connectivity index (χ1) is 7.34. The van der Waals surface area contributed by atoms with E-state index in [1.165, 1.54) is 32.1 Å². The van der Waals surface area contributed by atoms with Gasteiger partial charge < -0.3 is 10.1 Å². The molecule has 0 radical (unpaired) electrons. The number of hydrogen-bond donors (Lipinski definition) is 1. The van der Waals surface area contributed by atoms with Crippen molar-refractivity contribution >= 4 is 0 Å². The van der Waals surface area contributed by atoms with E-state index >= 15 is 0 Å². The van der Waals surface area contributed by atoms with Crippen molar-refractivity contribution in [1.82, 2.24) is 5.32 Å². The average Bonchev–Trinajstić information content (AvgIpc) is 2.63. The zero-order valence-corrected chi connectivity index (χ0v) is 10.4. The first-order valence-corrected chi connectivity index (χ1v) is 6.65. The van der Waals surface area contributed by atoms with Gasteiger partial charge in [0.15, 0.2) is 0 Å². The Labute approximate surface area is 94.8 Å². The van der Waals surface area contributed by atoms with Gasteiger partial charge in [-0.25, -0.2) is 0 Å². The second-order valence-electron chi connectivity index (χ2n) is 4.79. The van der Waals surface area contributed by atoms with Crippen LogP contribution in [-0.4, -0.2) is 25.8 Å². The zero-order chi connectivity index (χ0) is 10.9. The summed E-state index contributed by atoms with van der Waals surface area (Å²) in [5.74, 6) is 0.881. The first kappa shape index (κ1) is 13.0. The summed E-state index contributed by atoms with van der Waals surface area (Å²) >= 11 is 0. The van der Waals surface area contributed by atoms with E-state index in [1.807, 2.05) is 0 Å².